The highest BCUT2D eigenvalue weighted by molar-refractivity contribution is 5.72. The van der Waals surface area contributed by atoms with E-state index in [-0.39, 0.29) is 17.7 Å². The normalized spacial score (nSPS) is 19.2. The summed E-state index contributed by atoms with van der Waals surface area (Å²) in [6.07, 6.45) is 2.82. The van der Waals surface area contributed by atoms with Crippen molar-refractivity contribution in [3.63, 3.8) is 0 Å². The number of hydrogen-bond donors (Lipinski definition) is 0. The number of carbonyl (C=O) groups excluding carboxylic acids is 1. The molecular weight excluding hydrogens is 273 g/mol. The molecule has 2 rings (SSSR count). The Morgan fingerprint density at radius 3 is 2.86 bits per heavy atom. The van der Waals surface area contributed by atoms with E-state index in [4.69, 9.17) is 9.47 Å². The van der Waals surface area contributed by atoms with Crippen LogP contribution in [0.1, 0.15) is 19.3 Å². The lowest BCUT2D eigenvalue weighted by atomic mass is 9.98. The van der Waals surface area contributed by atoms with E-state index in [1.807, 2.05) is 0 Å². The van der Waals surface area contributed by atoms with Gasteiger partial charge in [0.25, 0.3) is 0 Å². The Morgan fingerprint density at radius 2 is 2.14 bits per heavy atom. The summed E-state index contributed by atoms with van der Waals surface area (Å²) >= 11 is 0. The fraction of sp³-hybridized carbons (Fsp3) is 0.562. The molecule has 1 atom stereocenters. The monoisotopic (exact) mass is 295 g/mol. The first-order chi connectivity index (χ1) is 10.2. The van der Waals surface area contributed by atoms with Crippen LogP contribution >= 0.6 is 0 Å². The lowest BCUT2D eigenvalue weighted by molar-refractivity contribution is -0.147. The zero-order valence-electron chi connectivity index (χ0n) is 12.4. The van der Waals surface area contributed by atoms with Crippen LogP contribution < -0.4 is 4.74 Å². The summed E-state index contributed by atoms with van der Waals surface area (Å²) < 4.78 is 23.1. The molecule has 1 saturated heterocycles. The lowest BCUT2D eigenvalue weighted by Gasteiger charge is -2.31. The third-order valence-corrected chi connectivity index (χ3v) is 3.74. The van der Waals surface area contributed by atoms with E-state index in [0.29, 0.717) is 12.4 Å². The molecule has 0 bridgehead atoms. The third-order valence-electron chi connectivity index (χ3n) is 3.74. The highest BCUT2D eigenvalue weighted by atomic mass is 19.1. The Bertz CT molecular complexity index is 449. The number of nitrogens with zero attached hydrogens (tertiary/aromatic N) is 1. The Hall–Kier alpha value is -1.62. The van der Waals surface area contributed by atoms with Gasteiger partial charge in [-0.3, -0.25) is 4.79 Å². The van der Waals surface area contributed by atoms with E-state index in [9.17, 15) is 9.18 Å². The van der Waals surface area contributed by atoms with E-state index >= 15 is 0 Å². The van der Waals surface area contributed by atoms with Gasteiger partial charge in [-0.25, -0.2) is 4.39 Å². The topological polar surface area (TPSA) is 38.8 Å². The van der Waals surface area contributed by atoms with Gasteiger partial charge in [-0.1, -0.05) is 0 Å². The number of hydrogen-bond acceptors (Lipinski definition) is 4. The minimum Gasteiger partial charge on any atom is -0.494 e. The van der Waals surface area contributed by atoms with Crippen molar-refractivity contribution in [3.8, 4) is 5.75 Å². The van der Waals surface area contributed by atoms with Crippen LogP contribution in [0.3, 0.4) is 0 Å². The number of carbonyl (C=O) groups is 1. The van der Waals surface area contributed by atoms with Crippen LogP contribution in [-0.2, 0) is 9.53 Å². The second-order valence-corrected chi connectivity index (χ2v) is 5.32. The van der Waals surface area contributed by atoms with Crippen molar-refractivity contribution in [3.05, 3.63) is 30.1 Å². The first-order valence-electron chi connectivity index (χ1n) is 7.37. The summed E-state index contributed by atoms with van der Waals surface area (Å²) in [5.41, 5.74) is 0. The summed E-state index contributed by atoms with van der Waals surface area (Å²) in [6, 6.07) is 6.04. The van der Waals surface area contributed by atoms with Crippen molar-refractivity contribution in [2.24, 2.45) is 5.92 Å². The molecule has 0 saturated carbocycles. The molecule has 1 aromatic carbocycles. The van der Waals surface area contributed by atoms with Crippen molar-refractivity contribution < 1.29 is 18.7 Å². The van der Waals surface area contributed by atoms with E-state index in [1.54, 1.807) is 12.1 Å². The minimum absolute atomic E-state index is 0.00164. The molecular formula is C16H22FNO3. The van der Waals surface area contributed by atoms with Gasteiger partial charge in [-0.2, -0.15) is 0 Å². The molecule has 21 heavy (non-hydrogen) atoms. The lowest BCUT2D eigenvalue weighted by Crippen LogP contribution is -2.39. The van der Waals surface area contributed by atoms with Gasteiger partial charge < -0.3 is 14.4 Å². The standard InChI is InChI=1S/C16H22FNO3/c1-20-16(19)13-4-2-9-18(12-13)10-3-11-21-15-7-5-14(17)6-8-15/h5-8,13H,2-4,9-12H2,1H3. The molecule has 0 aliphatic carbocycles. The zero-order chi connectivity index (χ0) is 15.1. The summed E-state index contributed by atoms with van der Waals surface area (Å²) in [5.74, 6) is 0.316. The number of esters is 1. The number of halogens is 1. The Kier molecular flexibility index (Phi) is 5.99. The largest absolute Gasteiger partial charge is 0.494 e. The predicted molar refractivity (Wildman–Crippen MR) is 77.7 cm³/mol. The maximum atomic E-state index is 12.7. The van der Waals surface area contributed by atoms with Gasteiger partial charge in [-0.05, 0) is 50.1 Å². The van der Waals surface area contributed by atoms with E-state index in [1.165, 1.54) is 19.2 Å². The van der Waals surface area contributed by atoms with Crippen LogP contribution in [0.4, 0.5) is 4.39 Å². The van der Waals surface area contributed by atoms with Gasteiger partial charge in [0.1, 0.15) is 11.6 Å². The van der Waals surface area contributed by atoms with Crippen LogP contribution in [0, 0.1) is 11.7 Å². The maximum absolute atomic E-state index is 12.7. The van der Waals surface area contributed by atoms with Crippen LogP contribution in [0.15, 0.2) is 24.3 Å². The fourth-order valence-electron chi connectivity index (χ4n) is 2.63. The molecule has 0 N–H and O–H groups in total. The molecule has 0 radical (unpaired) electrons. The van der Waals surface area contributed by atoms with Gasteiger partial charge in [0.05, 0.1) is 19.6 Å². The molecule has 1 unspecified atom stereocenters. The van der Waals surface area contributed by atoms with Gasteiger partial charge in [0.15, 0.2) is 0 Å². The van der Waals surface area contributed by atoms with Crippen molar-refractivity contribution in [1.29, 1.82) is 0 Å². The SMILES string of the molecule is COC(=O)C1CCCN(CCCOc2ccc(F)cc2)C1. The number of ether oxygens (including phenoxy) is 2. The number of likely N-dealkylation sites (tertiary alicyclic amines) is 1. The quantitative estimate of drug-likeness (QED) is 0.597. The van der Waals surface area contributed by atoms with Crippen molar-refractivity contribution in [1.82, 2.24) is 4.90 Å². The summed E-state index contributed by atoms with van der Waals surface area (Å²) in [7, 11) is 1.44. The van der Waals surface area contributed by atoms with E-state index in [2.05, 4.69) is 4.90 Å². The maximum Gasteiger partial charge on any atom is 0.309 e. The molecule has 5 heteroatoms. The highest BCUT2D eigenvalue weighted by Crippen LogP contribution is 2.18. The van der Waals surface area contributed by atoms with E-state index < -0.39 is 0 Å². The number of piperidine rings is 1. The molecule has 0 aromatic heterocycles. The average molecular weight is 295 g/mol. The predicted octanol–water partition coefficient (Wildman–Crippen LogP) is 2.48. The average Bonchev–Trinajstić information content (AvgIpc) is 2.53. The third kappa shape index (κ3) is 5.01. The minimum atomic E-state index is -0.260. The Morgan fingerprint density at radius 1 is 1.38 bits per heavy atom. The molecule has 1 aromatic rings. The molecule has 0 spiro atoms. The molecule has 1 aliphatic rings. The van der Waals surface area contributed by atoms with Crippen molar-refractivity contribution >= 4 is 5.97 Å². The molecule has 1 heterocycles. The van der Waals surface area contributed by atoms with Gasteiger partial charge in [0, 0.05) is 13.1 Å². The molecule has 4 nitrogen and oxygen atoms in total. The van der Waals surface area contributed by atoms with Gasteiger partial charge >= 0.3 is 5.97 Å². The van der Waals surface area contributed by atoms with Crippen LogP contribution in [-0.4, -0.2) is 44.2 Å². The summed E-state index contributed by atoms with van der Waals surface area (Å²) in [4.78, 5) is 13.8. The van der Waals surface area contributed by atoms with E-state index in [0.717, 1.165) is 38.9 Å². The molecule has 1 aliphatic heterocycles. The zero-order valence-corrected chi connectivity index (χ0v) is 12.4. The summed E-state index contributed by atoms with van der Waals surface area (Å²) in [6.45, 7) is 3.27. The van der Waals surface area contributed by atoms with Crippen LogP contribution in [0.5, 0.6) is 5.75 Å². The second kappa shape index (κ2) is 7.98. The van der Waals surface area contributed by atoms with Crippen molar-refractivity contribution in [2.75, 3.05) is 33.4 Å². The van der Waals surface area contributed by atoms with Crippen LogP contribution in [0.2, 0.25) is 0 Å². The highest BCUT2D eigenvalue weighted by Gasteiger charge is 2.25. The number of benzene rings is 1. The van der Waals surface area contributed by atoms with Crippen molar-refractivity contribution in [2.45, 2.75) is 19.3 Å². The molecule has 1 fully saturated rings. The Balaban J connectivity index is 1.66. The molecule has 116 valence electrons. The number of methoxy groups -OCH3 is 1. The summed E-state index contributed by atoms with van der Waals surface area (Å²) in [5, 5.41) is 0. The molecule has 0 amide bonds. The van der Waals surface area contributed by atoms with Crippen LogP contribution in [0.25, 0.3) is 0 Å². The Labute approximate surface area is 124 Å². The van der Waals surface area contributed by atoms with Gasteiger partial charge in [0.2, 0.25) is 0 Å². The number of rotatable bonds is 6. The second-order valence-electron chi connectivity index (χ2n) is 5.32. The fourth-order valence-corrected chi connectivity index (χ4v) is 2.63. The first-order valence-corrected chi connectivity index (χ1v) is 7.37. The smallest absolute Gasteiger partial charge is 0.309 e. The first kappa shape index (κ1) is 15.8. The van der Waals surface area contributed by atoms with Gasteiger partial charge in [-0.15, -0.1) is 0 Å².